The average molecular weight is 273 g/mol. The van der Waals surface area contributed by atoms with Crippen LogP contribution in [0.15, 0.2) is 53.1 Å². The van der Waals surface area contributed by atoms with Gasteiger partial charge in [0.15, 0.2) is 11.8 Å². The maximum absolute atomic E-state index is 5.58. The first kappa shape index (κ1) is 13.2. The monoisotopic (exact) mass is 273 g/mol. The third-order valence-electron chi connectivity index (χ3n) is 4.20. The molecule has 1 aromatic carbocycles. The van der Waals surface area contributed by atoms with Crippen molar-refractivity contribution in [2.45, 2.75) is 6.04 Å². The number of nitrogens with one attached hydrogen (secondary N) is 1. The van der Waals surface area contributed by atoms with Gasteiger partial charge in [0.05, 0.1) is 32.4 Å². The van der Waals surface area contributed by atoms with Crippen molar-refractivity contribution in [1.82, 2.24) is 0 Å². The minimum atomic E-state index is 0.392. The van der Waals surface area contributed by atoms with E-state index in [1.54, 1.807) is 11.2 Å². The molecule has 0 radical (unpaired) electrons. The fraction of sp³-hybridized carbons (Fsp3) is 0.375. The lowest BCUT2D eigenvalue weighted by atomic mass is 10.1. The number of rotatable bonds is 4. The molecule has 3 rings (SSSR count). The molecule has 106 valence electrons. The van der Waals surface area contributed by atoms with Gasteiger partial charge in [-0.3, -0.25) is 0 Å². The van der Waals surface area contributed by atoms with Crippen molar-refractivity contribution >= 4 is 5.69 Å². The third kappa shape index (κ3) is 2.71. The molecule has 1 aromatic heterocycles. The van der Waals surface area contributed by atoms with Gasteiger partial charge in [-0.2, -0.15) is 0 Å². The summed E-state index contributed by atoms with van der Waals surface area (Å²) in [6, 6.07) is 15.1. The number of benzene rings is 1. The van der Waals surface area contributed by atoms with Gasteiger partial charge in [0, 0.05) is 5.69 Å². The molecule has 0 saturated carbocycles. The van der Waals surface area contributed by atoms with Crippen LogP contribution in [0.5, 0.6) is 0 Å². The number of anilines is 1. The highest BCUT2D eigenvalue weighted by Crippen LogP contribution is 2.14. The molecular formula is C16H23N3O+2. The Morgan fingerprint density at radius 3 is 2.45 bits per heavy atom. The summed E-state index contributed by atoms with van der Waals surface area (Å²) in [5.74, 6) is 1.07. The lowest BCUT2D eigenvalue weighted by Gasteiger charge is -2.36. The van der Waals surface area contributed by atoms with Crippen LogP contribution in [0, 0.1) is 0 Å². The molecule has 4 heteroatoms. The Balaban J connectivity index is 1.63. The molecule has 0 aliphatic carbocycles. The Bertz CT molecular complexity index is 504. The molecule has 0 spiro atoms. The largest absolute Gasteiger partial charge is 0.463 e. The van der Waals surface area contributed by atoms with Crippen LogP contribution < -0.4 is 15.5 Å². The minimum Gasteiger partial charge on any atom is -0.463 e. The van der Waals surface area contributed by atoms with E-state index in [1.165, 1.54) is 5.69 Å². The number of nitrogens with zero attached hydrogens (tertiary/aromatic N) is 1. The molecule has 1 aliphatic rings. The Labute approximate surface area is 119 Å². The van der Waals surface area contributed by atoms with Gasteiger partial charge in [-0.1, -0.05) is 18.2 Å². The Morgan fingerprint density at radius 1 is 1.10 bits per heavy atom. The first-order valence-electron chi connectivity index (χ1n) is 7.35. The van der Waals surface area contributed by atoms with Gasteiger partial charge < -0.3 is 20.0 Å². The van der Waals surface area contributed by atoms with Gasteiger partial charge in [0.25, 0.3) is 0 Å². The molecule has 0 amide bonds. The molecule has 1 fully saturated rings. The van der Waals surface area contributed by atoms with Crippen LogP contribution in [0.4, 0.5) is 5.69 Å². The Hall–Kier alpha value is -1.78. The second-order valence-electron chi connectivity index (χ2n) is 5.34. The first-order chi connectivity index (χ1) is 9.88. The van der Waals surface area contributed by atoms with Crippen molar-refractivity contribution in [2.24, 2.45) is 0 Å². The molecule has 20 heavy (non-hydrogen) atoms. The lowest BCUT2D eigenvalue weighted by Crippen LogP contribution is -3.16. The van der Waals surface area contributed by atoms with Crippen LogP contribution in [-0.2, 0) is 0 Å². The van der Waals surface area contributed by atoms with E-state index in [-0.39, 0.29) is 0 Å². The second kappa shape index (κ2) is 6.11. The summed E-state index contributed by atoms with van der Waals surface area (Å²) in [6.45, 7) is 5.34. The van der Waals surface area contributed by atoms with Gasteiger partial charge in [0.2, 0.25) is 0 Å². The van der Waals surface area contributed by atoms with Gasteiger partial charge in [-0.05, 0) is 24.3 Å². The maximum atomic E-state index is 5.58. The average Bonchev–Trinajstić information content (AvgIpc) is 3.04. The molecule has 4 N–H and O–H groups in total. The summed E-state index contributed by atoms with van der Waals surface area (Å²) in [4.78, 5) is 4.05. The van der Waals surface area contributed by atoms with Gasteiger partial charge in [-0.15, -0.1) is 0 Å². The van der Waals surface area contributed by atoms with E-state index in [2.05, 4.69) is 47.0 Å². The SMILES string of the molecule is [NH3+]C[C@H](c1ccco1)[NH+]1CCN(c2ccccc2)CC1. The molecule has 4 nitrogen and oxygen atoms in total. The fourth-order valence-electron chi connectivity index (χ4n) is 3.08. The zero-order valence-electron chi connectivity index (χ0n) is 11.8. The molecular weight excluding hydrogens is 250 g/mol. The molecule has 2 heterocycles. The zero-order valence-corrected chi connectivity index (χ0v) is 11.8. The van der Waals surface area contributed by atoms with Crippen molar-refractivity contribution in [3.63, 3.8) is 0 Å². The van der Waals surface area contributed by atoms with Crippen molar-refractivity contribution in [3.05, 3.63) is 54.5 Å². The third-order valence-corrected chi connectivity index (χ3v) is 4.20. The molecule has 2 aromatic rings. The van der Waals surface area contributed by atoms with Crippen molar-refractivity contribution in [1.29, 1.82) is 0 Å². The van der Waals surface area contributed by atoms with Crippen LogP contribution in [0.1, 0.15) is 11.8 Å². The normalized spacial score (nSPS) is 18.1. The number of furan rings is 1. The van der Waals surface area contributed by atoms with E-state index < -0.39 is 0 Å². The van der Waals surface area contributed by atoms with Crippen molar-refractivity contribution in [2.75, 3.05) is 37.6 Å². The molecule has 1 aliphatic heterocycles. The summed E-state index contributed by atoms with van der Waals surface area (Å²) in [7, 11) is 0. The first-order valence-corrected chi connectivity index (χ1v) is 7.35. The van der Waals surface area contributed by atoms with Crippen molar-refractivity contribution in [3.8, 4) is 0 Å². The van der Waals surface area contributed by atoms with Gasteiger partial charge in [-0.25, -0.2) is 0 Å². The number of hydrogen-bond acceptors (Lipinski definition) is 2. The second-order valence-corrected chi connectivity index (χ2v) is 5.34. The number of para-hydroxylation sites is 1. The molecule has 0 unspecified atom stereocenters. The molecule has 1 atom stereocenters. The van der Waals surface area contributed by atoms with Crippen LogP contribution in [0.3, 0.4) is 0 Å². The van der Waals surface area contributed by atoms with Crippen LogP contribution in [0.2, 0.25) is 0 Å². The summed E-state index contributed by atoms with van der Waals surface area (Å²) < 4.78 is 5.58. The van der Waals surface area contributed by atoms with E-state index in [0.29, 0.717) is 6.04 Å². The van der Waals surface area contributed by atoms with Crippen LogP contribution in [0.25, 0.3) is 0 Å². The minimum absolute atomic E-state index is 0.392. The summed E-state index contributed by atoms with van der Waals surface area (Å²) in [6.07, 6.45) is 1.76. The Morgan fingerprint density at radius 2 is 1.85 bits per heavy atom. The summed E-state index contributed by atoms with van der Waals surface area (Å²) in [5, 5.41) is 0. The maximum Gasteiger partial charge on any atom is 0.195 e. The van der Waals surface area contributed by atoms with Crippen LogP contribution in [-0.4, -0.2) is 32.7 Å². The summed E-state index contributed by atoms with van der Waals surface area (Å²) in [5.41, 5.74) is 5.43. The fourth-order valence-corrected chi connectivity index (χ4v) is 3.08. The number of hydrogen-bond donors (Lipinski definition) is 2. The van der Waals surface area contributed by atoms with E-state index in [0.717, 1.165) is 38.5 Å². The van der Waals surface area contributed by atoms with E-state index in [1.807, 2.05) is 6.07 Å². The predicted molar refractivity (Wildman–Crippen MR) is 78.6 cm³/mol. The lowest BCUT2D eigenvalue weighted by molar-refractivity contribution is -0.939. The highest BCUT2D eigenvalue weighted by molar-refractivity contribution is 5.46. The summed E-state index contributed by atoms with van der Waals surface area (Å²) >= 11 is 0. The highest BCUT2D eigenvalue weighted by atomic mass is 16.3. The number of quaternary nitrogens is 2. The van der Waals surface area contributed by atoms with Gasteiger partial charge in [0.1, 0.15) is 6.54 Å². The zero-order chi connectivity index (χ0) is 13.8. The van der Waals surface area contributed by atoms with Crippen molar-refractivity contribution < 1.29 is 15.1 Å². The van der Waals surface area contributed by atoms with E-state index >= 15 is 0 Å². The molecule has 1 saturated heterocycles. The Kier molecular flexibility index (Phi) is 4.04. The van der Waals surface area contributed by atoms with E-state index in [4.69, 9.17) is 4.42 Å². The smallest absolute Gasteiger partial charge is 0.195 e. The van der Waals surface area contributed by atoms with E-state index in [9.17, 15) is 0 Å². The topological polar surface area (TPSA) is 48.5 Å². The number of piperazine rings is 1. The standard InChI is InChI=1S/C16H21N3O/c17-13-15(16-7-4-12-20-16)19-10-8-18(9-11-19)14-5-2-1-3-6-14/h1-7,12,15H,8-11,13,17H2/p+2/t15-/m1/s1. The predicted octanol–water partition coefficient (Wildman–Crippen LogP) is -0.0323. The van der Waals surface area contributed by atoms with Crippen LogP contribution >= 0.6 is 0 Å². The molecule has 0 bridgehead atoms. The quantitative estimate of drug-likeness (QED) is 0.822. The highest BCUT2D eigenvalue weighted by Gasteiger charge is 2.30. The van der Waals surface area contributed by atoms with Gasteiger partial charge >= 0.3 is 0 Å².